The maximum atomic E-state index is 5.73. The van der Waals surface area contributed by atoms with Crippen LogP contribution in [-0.2, 0) is 6.54 Å². The summed E-state index contributed by atoms with van der Waals surface area (Å²) >= 11 is 1.87. The zero-order valence-corrected chi connectivity index (χ0v) is 11.3. The van der Waals surface area contributed by atoms with Crippen molar-refractivity contribution < 1.29 is 4.74 Å². The van der Waals surface area contributed by atoms with E-state index in [9.17, 15) is 0 Å². The van der Waals surface area contributed by atoms with Gasteiger partial charge in [0.05, 0.1) is 6.61 Å². The molecule has 0 amide bonds. The lowest BCUT2D eigenvalue weighted by Gasteiger charge is -2.08. The Morgan fingerprint density at radius 2 is 2.29 bits per heavy atom. The Hall–Kier alpha value is -0.670. The highest BCUT2D eigenvalue weighted by Gasteiger charge is 2.19. The van der Waals surface area contributed by atoms with E-state index in [1.54, 1.807) is 0 Å². The van der Waals surface area contributed by atoms with Gasteiger partial charge in [0, 0.05) is 12.6 Å². The fraction of sp³-hybridized carbons (Fsp3) is 0.571. The van der Waals surface area contributed by atoms with Crippen LogP contribution >= 0.6 is 11.8 Å². The average Bonchev–Trinajstić information content (AvgIpc) is 3.17. The maximum absolute atomic E-state index is 5.73. The number of hydrogen-bond donors (Lipinski definition) is 1. The summed E-state index contributed by atoms with van der Waals surface area (Å²) in [7, 11) is 0. The number of benzene rings is 1. The fourth-order valence-electron chi connectivity index (χ4n) is 1.69. The van der Waals surface area contributed by atoms with Gasteiger partial charge in [-0.1, -0.05) is 12.1 Å². The minimum atomic E-state index is 0.765. The van der Waals surface area contributed by atoms with Gasteiger partial charge in [0.25, 0.3) is 0 Å². The Morgan fingerprint density at radius 3 is 3.06 bits per heavy atom. The molecule has 1 N–H and O–H groups in total. The number of rotatable bonds is 8. The third-order valence-corrected chi connectivity index (χ3v) is 3.53. The zero-order chi connectivity index (χ0) is 11.9. The highest BCUT2D eigenvalue weighted by atomic mass is 32.2. The number of hydrogen-bond acceptors (Lipinski definition) is 3. The summed E-state index contributed by atoms with van der Waals surface area (Å²) in [5.41, 5.74) is 1.32. The molecule has 0 atom stereocenters. The Kier molecular flexibility index (Phi) is 5.20. The molecule has 1 aromatic rings. The molecule has 0 aromatic heterocycles. The predicted octanol–water partition coefficient (Wildman–Crippen LogP) is 3.07. The molecule has 2 rings (SSSR count). The van der Waals surface area contributed by atoms with E-state index >= 15 is 0 Å². The van der Waals surface area contributed by atoms with Gasteiger partial charge >= 0.3 is 0 Å². The monoisotopic (exact) mass is 251 g/mol. The van der Waals surface area contributed by atoms with Crippen molar-refractivity contribution >= 4 is 11.8 Å². The first kappa shape index (κ1) is 12.8. The van der Waals surface area contributed by atoms with Crippen molar-refractivity contribution in [3.05, 3.63) is 29.8 Å². The molecule has 1 aliphatic carbocycles. The van der Waals surface area contributed by atoms with Gasteiger partial charge in [-0.3, -0.25) is 0 Å². The van der Waals surface area contributed by atoms with Gasteiger partial charge < -0.3 is 10.1 Å². The molecule has 0 bridgehead atoms. The molecule has 0 spiro atoms. The minimum Gasteiger partial charge on any atom is -0.494 e. The first-order chi connectivity index (χ1) is 8.38. The van der Waals surface area contributed by atoms with Crippen molar-refractivity contribution in [1.82, 2.24) is 5.32 Å². The molecule has 1 saturated carbocycles. The number of thioether (sulfide) groups is 1. The smallest absolute Gasteiger partial charge is 0.119 e. The van der Waals surface area contributed by atoms with E-state index < -0.39 is 0 Å². The van der Waals surface area contributed by atoms with E-state index in [0.717, 1.165) is 31.4 Å². The Bertz CT molecular complexity index is 339. The molecular weight excluding hydrogens is 230 g/mol. The van der Waals surface area contributed by atoms with Crippen LogP contribution in [0.1, 0.15) is 24.8 Å². The van der Waals surface area contributed by atoms with E-state index in [0.29, 0.717) is 0 Å². The largest absolute Gasteiger partial charge is 0.494 e. The van der Waals surface area contributed by atoms with Crippen LogP contribution in [0.5, 0.6) is 5.75 Å². The van der Waals surface area contributed by atoms with E-state index in [4.69, 9.17) is 4.74 Å². The summed E-state index contributed by atoms with van der Waals surface area (Å²) in [6, 6.07) is 9.19. The zero-order valence-electron chi connectivity index (χ0n) is 10.4. The van der Waals surface area contributed by atoms with Crippen LogP contribution in [0, 0.1) is 0 Å². The van der Waals surface area contributed by atoms with Crippen LogP contribution < -0.4 is 10.1 Å². The second-order valence-corrected chi connectivity index (χ2v) is 5.48. The highest BCUT2D eigenvalue weighted by molar-refractivity contribution is 7.98. The molecule has 0 unspecified atom stereocenters. The second-order valence-electron chi connectivity index (χ2n) is 4.50. The quantitative estimate of drug-likeness (QED) is 0.717. The van der Waals surface area contributed by atoms with Gasteiger partial charge in [-0.05, 0) is 49.0 Å². The SMILES string of the molecule is CSCCCOc1cccc(CNC2CC2)c1. The first-order valence-electron chi connectivity index (χ1n) is 6.32. The third kappa shape index (κ3) is 5.00. The van der Waals surface area contributed by atoms with Crippen molar-refractivity contribution in [3.8, 4) is 5.75 Å². The van der Waals surface area contributed by atoms with Gasteiger partial charge in [-0.25, -0.2) is 0 Å². The lowest BCUT2D eigenvalue weighted by atomic mass is 10.2. The highest BCUT2D eigenvalue weighted by Crippen LogP contribution is 2.20. The van der Waals surface area contributed by atoms with Crippen LogP contribution in [-0.4, -0.2) is 24.7 Å². The molecule has 17 heavy (non-hydrogen) atoms. The third-order valence-electron chi connectivity index (χ3n) is 2.83. The second kappa shape index (κ2) is 6.92. The van der Waals surface area contributed by atoms with E-state index in [-0.39, 0.29) is 0 Å². The van der Waals surface area contributed by atoms with E-state index in [1.807, 2.05) is 17.8 Å². The van der Waals surface area contributed by atoms with Crippen molar-refractivity contribution in [3.63, 3.8) is 0 Å². The number of ether oxygens (including phenoxy) is 1. The lowest BCUT2D eigenvalue weighted by molar-refractivity contribution is 0.318. The first-order valence-corrected chi connectivity index (χ1v) is 7.72. The van der Waals surface area contributed by atoms with Crippen molar-refractivity contribution in [2.45, 2.75) is 31.8 Å². The normalized spacial score (nSPS) is 14.9. The molecule has 0 heterocycles. The lowest BCUT2D eigenvalue weighted by Crippen LogP contribution is -2.15. The summed E-state index contributed by atoms with van der Waals surface area (Å²) in [5, 5.41) is 3.52. The van der Waals surface area contributed by atoms with E-state index in [1.165, 1.54) is 24.2 Å². The average molecular weight is 251 g/mol. The molecule has 1 aromatic carbocycles. The topological polar surface area (TPSA) is 21.3 Å². The standard InChI is InChI=1S/C14H21NOS/c1-17-9-3-8-16-14-5-2-4-12(10-14)11-15-13-6-7-13/h2,4-5,10,13,15H,3,6-9,11H2,1H3. The Labute approximate surface area is 108 Å². The number of nitrogens with one attached hydrogen (secondary N) is 1. The Balaban J connectivity index is 1.74. The molecule has 0 radical (unpaired) electrons. The molecular formula is C14H21NOS. The fourth-order valence-corrected chi connectivity index (χ4v) is 2.09. The van der Waals surface area contributed by atoms with Crippen LogP contribution in [0.4, 0.5) is 0 Å². The molecule has 1 fully saturated rings. The van der Waals surface area contributed by atoms with E-state index in [2.05, 4.69) is 29.8 Å². The summed E-state index contributed by atoms with van der Waals surface area (Å²) < 4.78 is 5.73. The van der Waals surface area contributed by atoms with Crippen LogP contribution in [0.2, 0.25) is 0 Å². The van der Waals surface area contributed by atoms with Gasteiger partial charge in [0.1, 0.15) is 5.75 Å². The molecule has 3 heteroatoms. The van der Waals surface area contributed by atoms with Crippen molar-refractivity contribution in [2.24, 2.45) is 0 Å². The Morgan fingerprint density at radius 1 is 1.41 bits per heavy atom. The summed E-state index contributed by atoms with van der Waals surface area (Å²) in [6.07, 6.45) is 5.92. The van der Waals surface area contributed by atoms with Gasteiger partial charge in [-0.15, -0.1) is 0 Å². The van der Waals surface area contributed by atoms with Gasteiger partial charge in [0.2, 0.25) is 0 Å². The van der Waals surface area contributed by atoms with Crippen molar-refractivity contribution in [2.75, 3.05) is 18.6 Å². The predicted molar refractivity (Wildman–Crippen MR) is 74.8 cm³/mol. The summed E-state index contributed by atoms with van der Waals surface area (Å²) in [5.74, 6) is 2.17. The van der Waals surface area contributed by atoms with Crippen LogP contribution in [0.15, 0.2) is 24.3 Å². The van der Waals surface area contributed by atoms with Gasteiger partial charge in [-0.2, -0.15) is 11.8 Å². The molecule has 0 saturated heterocycles. The molecule has 1 aliphatic rings. The summed E-state index contributed by atoms with van der Waals surface area (Å²) in [4.78, 5) is 0. The van der Waals surface area contributed by atoms with Crippen LogP contribution in [0.25, 0.3) is 0 Å². The molecule has 2 nitrogen and oxygen atoms in total. The van der Waals surface area contributed by atoms with Crippen LogP contribution in [0.3, 0.4) is 0 Å². The van der Waals surface area contributed by atoms with Gasteiger partial charge in [0.15, 0.2) is 0 Å². The molecule has 94 valence electrons. The van der Waals surface area contributed by atoms with Crippen molar-refractivity contribution in [1.29, 1.82) is 0 Å². The maximum Gasteiger partial charge on any atom is 0.119 e. The molecule has 0 aliphatic heterocycles. The minimum absolute atomic E-state index is 0.765. The summed E-state index contributed by atoms with van der Waals surface area (Å²) in [6.45, 7) is 1.78.